The van der Waals surface area contributed by atoms with Gasteiger partial charge in [0.15, 0.2) is 0 Å². The van der Waals surface area contributed by atoms with E-state index < -0.39 is 23.7 Å². The summed E-state index contributed by atoms with van der Waals surface area (Å²) in [7, 11) is 0. The third-order valence-corrected chi connectivity index (χ3v) is 2.88. The van der Waals surface area contributed by atoms with Gasteiger partial charge in [-0.15, -0.1) is 12.4 Å². The largest absolute Gasteiger partial charge is 0.459 e. The highest BCUT2D eigenvalue weighted by Gasteiger charge is 2.21. The summed E-state index contributed by atoms with van der Waals surface area (Å²) < 4.78 is 10.3. The molecule has 0 aromatic heterocycles. The zero-order valence-electron chi connectivity index (χ0n) is 14.4. The van der Waals surface area contributed by atoms with E-state index in [4.69, 9.17) is 15.2 Å². The van der Waals surface area contributed by atoms with Crippen molar-refractivity contribution in [2.24, 2.45) is 5.73 Å². The van der Waals surface area contributed by atoms with Crippen molar-refractivity contribution in [3.05, 3.63) is 35.9 Å². The second kappa shape index (κ2) is 10.9. The van der Waals surface area contributed by atoms with Crippen LogP contribution in [0.2, 0.25) is 0 Å². The molecule has 0 saturated carbocycles. The maximum absolute atomic E-state index is 11.7. The minimum atomic E-state index is -0.684. The first kappa shape index (κ1) is 22.2. The Kier molecular flexibility index (Phi) is 10.1. The van der Waals surface area contributed by atoms with Gasteiger partial charge in [0.2, 0.25) is 0 Å². The van der Waals surface area contributed by atoms with Crippen molar-refractivity contribution in [3.8, 4) is 0 Å². The van der Waals surface area contributed by atoms with Crippen molar-refractivity contribution in [3.63, 3.8) is 0 Å². The van der Waals surface area contributed by atoms with Gasteiger partial charge in [-0.05, 0) is 39.2 Å². The molecule has 0 spiro atoms. The maximum Gasteiger partial charge on any atom is 0.407 e. The maximum atomic E-state index is 11.7. The Morgan fingerprint density at radius 3 is 2.42 bits per heavy atom. The Labute approximate surface area is 149 Å². The number of esters is 1. The van der Waals surface area contributed by atoms with E-state index in [-0.39, 0.29) is 19.0 Å². The lowest BCUT2D eigenvalue weighted by molar-refractivity contribution is -0.156. The summed E-state index contributed by atoms with van der Waals surface area (Å²) in [5.74, 6) is -0.427. The molecular formula is C17H27ClN2O4. The van der Waals surface area contributed by atoms with Crippen LogP contribution < -0.4 is 11.1 Å². The molecule has 1 rings (SSSR count). The highest BCUT2D eigenvalue weighted by atomic mass is 35.5. The number of amides is 1. The molecule has 1 aromatic rings. The Bertz CT molecular complexity index is 503. The van der Waals surface area contributed by atoms with E-state index in [0.717, 1.165) is 5.56 Å². The van der Waals surface area contributed by atoms with Gasteiger partial charge in [0.05, 0.1) is 0 Å². The summed E-state index contributed by atoms with van der Waals surface area (Å²) in [5.41, 5.74) is 6.14. The van der Waals surface area contributed by atoms with Crippen LogP contribution >= 0.6 is 12.4 Å². The van der Waals surface area contributed by atoms with E-state index >= 15 is 0 Å². The zero-order chi connectivity index (χ0) is 17.3. The minimum Gasteiger partial charge on any atom is -0.459 e. The molecule has 24 heavy (non-hydrogen) atoms. The number of alkyl carbamates (subject to hydrolysis) is 1. The van der Waals surface area contributed by atoms with E-state index in [9.17, 15) is 9.59 Å². The minimum absolute atomic E-state index is 0. The van der Waals surface area contributed by atoms with Crippen LogP contribution in [0.25, 0.3) is 0 Å². The zero-order valence-corrected chi connectivity index (χ0v) is 15.2. The normalized spacial score (nSPS) is 11.8. The summed E-state index contributed by atoms with van der Waals surface area (Å²) >= 11 is 0. The highest BCUT2D eigenvalue weighted by Crippen LogP contribution is 2.09. The van der Waals surface area contributed by atoms with Crippen LogP contribution in [0, 0.1) is 0 Å². The van der Waals surface area contributed by atoms with Gasteiger partial charge in [0, 0.05) is 6.54 Å². The average molecular weight is 359 g/mol. The van der Waals surface area contributed by atoms with Gasteiger partial charge in [-0.2, -0.15) is 0 Å². The molecule has 0 unspecified atom stereocenters. The Balaban J connectivity index is 0.00000529. The molecular weight excluding hydrogens is 332 g/mol. The lowest BCUT2D eigenvalue weighted by atomic mass is 10.1. The van der Waals surface area contributed by atoms with Crippen LogP contribution in [-0.4, -0.2) is 30.3 Å². The van der Waals surface area contributed by atoms with Crippen molar-refractivity contribution in [1.82, 2.24) is 5.32 Å². The molecule has 0 heterocycles. The first-order valence-electron chi connectivity index (χ1n) is 7.71. The lowest BCUT2D eigenvalue weighted by Crippen LogP contribution is -2.38. The molecule has 0 saturated heterocycles. The van der Waals surface area contributed by atoms with Crippen molar-refractivity contribution in [2.45, 2.75) is 51.9 Å². The SMILES string of the molecule is CC(C)(C)OC(=O)[C@@H](N)CCCNC(=O)OCc1ccccc1.Cl. The monoisotopic (exact) mass is 358 g/mol. The van der Waals surface area contributed by atoms with Gasteiger partial charge in [-0.1, -0.05) is 30.3 Å². The number of nitrogens with one attached hydrogen (secondary N) is 1. The summed E-state index contributed by atoms with van der Waals surface area (Å²) in [4.78, 5) is 23.2. The van der Waals surface area contributed by atoms with Gasteiger partial charge in [-0.3, -0.25) is 4.79 Å². The van der Waals surface area contributed by atoms with Crippen molar-refractivity contribution >= 4 is 24.5 Å². The molecule has 6 nitrogen and oxygen atoms in total. The molecule has 0 aliphatic rings. The van der Waals surface area contributed by atoms with Crippen molar-refractivity contribution in [2.75, 3.05) is 6.54 Å². The van der Waals surface area contributed by atoms with Crippen molar-refractivity contribution in [1.29, 1.82) is 0 Å². The lowest BCUT2D eigenvalue weighted by Gasteiger charge is -2.22. The number of nitrogens with two attached hydrogens (primary N) is 1. The van der Waals surface area contributed by atoms with E-state index in [1.165, 1.54) is 0 Å². The second-order valence-electron chi connectivity index (χ2n) is 6.27. The molecule has 1 amide bonds. The quantitative estimate of drug-likeness (QED) is 0.577. The topological polar surface area (TPSA) is 90.6 Å². The number of benzene rings is 1. The number of rotatable bonds is 7. The molecule has 3 N–H and O–H groups in total. The van der Waals surface area contributed by atoms with Crippen LogP contribution in [0.15, 0.2) is 30.3 Å². The smallest absolute Gasteiger partial charge is 0.407 e. The fraction of sp³-hybridized carbons (Fsp3) is 0.529. The highest BCUT2D eigenvalue weighted by molar-refractivity contribution is 5.85. The molecule has 0 aliphatic heterocycles. The molecule has 7 heteroatoms. The summed E-state index contributed by atoms with van der Waals surface area (Å²) in [6.45, 7) is 6.00. The number of halogens is 1. The summed E-state index contributed by atoms with van der Waals surface area (Å²) in [5, 5.41) is 2.63. The Morgan fingerprint density at radius 2 is 1.83 bits per heavy atom. The molecule has 0 aliphatic carbocycles. The number of hydrogen-bond donors (Lipinski definition) is 2. The number of carbonyl (C=O) groups excluding carboxylic acids is 2. The molecule has 136 valence electrons. The first-order chi connectivity index (χ1) is 10.8. The van der Waals surface area contributed by atoms with Gasteiger partial charge >= 0.3 is 12.1 Å². The average Bonchev–Trinajstić information content (AvgIpc) is 2.48. The van der Waals surface area contributed by atoms with Crippen molar-refractivity contribution < 1.29 is 19.1 Å². The van der Waals surface area contributed by atoms with Gasteiger partial charge in [-0.25, -0.2) is 4.79 Å². The van der Waals surface area contributed by atoms with E-state index in [1.54, 1.807) is 20.8 Å². The number of hydrogen-bond acceptors (Lipinski definition) is 5. The number of carbonyl (C=O) groups is 2. The predicted octanol–water partition coefficient (Wildman–Crippen LogP) is 2.78. The van der Waals surface area contributed by atoms with Crippen LogP contribution in [-0.2, 0) is 20.9 Å². The predicted molar refractivity (Wildman–Crippen MR) is 94.9 cm³/mol. The van der Waals surface area contributed by atoms with Gasteiger partial charge < -0.3 is 20.5 Å². The van der Waals surface area contributed by atoms with E-state index in [0.29, 0.717) is 19.4 Å². The molecule has 0 radical (unpaired) electrons. The van der Waals surface area contributed by atoms with Crippen LogP contribution in [0.4, 0.5) is 4.79 Å². The summed E-state index contributed by atoms with van der Waals surface area (Å²) in [6.07, 6.45) is 0.522. The summed E-state index contributed by atoms with van der Waals surface area (Å²) in [6, 6.07) is 8.75. The second-order valence-corrected chi connectivity index (χ2v) is 6.27. The first-order valence-corrected chi connectivity index (χ1v) is 7.71. The molecule has 0 bridgehead atoms. The van der Waals surface area contributed by atoms with Crippen LogP contribution in [0.5, 0.6) is 0 Å². The fourth-order valence-corrected chi connectivity index (χ4v) is 1.78. The van der Waals surface area contributed by atoms with Crippen LogP contribution in [0.3, 0.4) is 0 Å². The third kappa shape index (κ3) is 10.1. The number of ether oxygens (including phenoxy) is 2. The van der Waals surface area contributed by atoms with E-state index in [1.807, 2.05) is 30.3 Å². The fourth-order valence-electron chi connectivity index (χ4n) is 1.78. The van der Waals surface area contributed by atoms with Gasteiger partial charge in [0.1, 0.15) is 18.2 Å². The Morgan fingerprint density at radius 1 is 1.21 bits per heavy atom. The molecule has 1 aromatic carbocycles. The third-order valence-electron chi connectivity index (χ3n) is 2.88. The van der Waals surface area contributed by atoms with Gasteiger partial charge in [0.25, 0.3) is 0 Å². The van der Waals surface area contributed by atoms with E-state index in [2.05, 4.69) is 5.32 Å². The standard InChI is InChI=1S/C17H26N2O4.ClH/c1-17(2,3)23-15(20)14(18)10-7-11-19-16(21)22-12-13-8-5-4-6-9-13;/h4-6,8-9,14H,7,10-12,18H2,1-3H3,(H,19,21);1H/t14-;/m0./s1. The molecule has 1 atom stereocenters. The Hall–Kier alpha value is -1.79. The molecule has 0 fully saturated rings. The van der Waals surface area contributed by atoms with Crippen LogP contribution in [0.1, 0.15) is 39.2 Å².